The van der Waals surface area contributed by atoms with Crippen molar-refractivity contribution in [2.75, 3.05) is 24.6 Å². The van der Waals surface area contributed by atoms with Crippen LogP contribution in [0.1, 0.15) is 19.8 Å². The van der Waals surface area contributed by atoms with Crippen LogP contribution < -0.4 is 16.2 Å². The minimum atomic E-state index is -0.203. The lowest BCUT2D eigenvalue weighted by atomic mass is 9.91. The zero-order valence-corrected chi connectivity index (χ0v) is 13.2. The van der Waals surface area contributed by atoms with Gasteiger partial charge in [0.15, 0.2) is 0 Å². The molecule has 1 unspecified atom stereocenters. The highest BCUT2D eigenvalue weighted by Crippen LogP contribution is 2.27. The van der Waals surface area contributed by atoms with Gasteiger partial charge >= 0.3 is 0 Å². The Bertz CT molecular complexity index is 510. The van der Waals surface area contributed by atoms with Crippen molar-refractivity contribution in [1.29, 1.82) is 0 Å². The molecule has 0 aliphatic carbocycles. The van der Waals surface area contributed by atoms with Crippen LogP contribution in [0.25, 0.3) is 0 Å². The lowest BCUT2D eigenvalue weighted by molar-refractivity contribution is 0.266. The maximum atomic E-state index is 12.1. The van der Waals surface area contributed by atoms with Gasteiger partial charge in [0, 0.05) is 19.1 Å². The number of aliphatic hydroxyl groups excluding tert-OH is 1. The highest BCUT2D eigenvalue weighted by atomic mass is 79.9. The lowest BCUT2D eigenvalue weighted by Gasteiger charge is -2.35. The summed E-state index contributed by atoms with van der Waals surface area (Å²) in [6.45, 7) is 3.93. The van der Waals surface area contributed by atoms with Gasteiger partial charge in [-0.1, -0.05) is 0 Å². The fraction of sp³-hybridized carbons (Fsp3) is 0.692. The van der Waals surface area contributed by atoms with Gasteiger partial charge < -0.3 is 15.7 Å². The Hall–Kier alpha value is -0.920. The van der Waals surface area contributed by atoms with Crippen molar-refractivity contribution in [3.8, 4) is 0 Å². The predicted molar refractivity (Wildman–Crippen MR) is 81.9 cm³/mol. The van der Waals surface area contributed by atoms with Crippen molar-refractivity contribution < 1.29 is 5.11 Å². The summed E-state index contributed by atoms with van der Waals surface area (Å²) in [4.78, 5) is 14.3. The number of hydrogen-bond acceptors (Lipinski definition) is 5. The number of aromatic nitrogens is 2. The Labute approximate surface area is 126 Å². The van der Waals surface area contributed by atoms with Crippen molar-refractivity contribution in [3.63, 3.8) is 0 Å². The second-order valence-corrected chi connectivity index (χ2v) is 6.07. The maximum Gasteiger partial charge on any atom is 0.283 e. The molecule has 0 radical (unpaired) electrons. The number of nitrogens with zero attached hydrogens (tertiary/aromatic N) is 3. The van der Waals surface area contributed by atoms with Crippen LogP contribution in [0, 0.1) is 5.92 Å². The standard InChI is InChI=1S/C13H21BrN4O2/c1-9(15)10-2-4-17(5-3-10)11-8-16-18(6-7-19)13(20)12(11)14/h8-10,19H,2-7,15H2,1H3. The molecule has 7 heteroatoms. The first-order valence-corrected chi connectivity index (χ1v) is 7.71. The van der Waals surface area contributed by atoms with Gasteiger partial charge in [-0.05, 0) is 41.6 Å². The van der Waals surface area contributed by atoms with Crippen LogP contribution in [0.2, 0.25) is 0 Å². The average Bonchev–Trinajstić information content (AvgIpc) is 2.44. The Morgan fingerprint density at radius 1 is 1.55 bits per heavy atom. The number of rotatable bonds is 4. The Morgan fingerprint density at radius 3 is 2.75 bits per heavy atom. The van der Waals surface area contributed by atoms with Crippen LogP contribution in [0.3, 0.4) is 0 Å². The molecule has 2 rings (SSSR count). The van der Waals surface area contributed by atoms with E-state index in [1.807, 2.05) is 6.92 Å². The zero-order chi connectivity index (χ0) is 14.7. The largest absolute Gasteiger partial charge is 0.394 e. The van der Waals surface area contributed by atoms with E-state index >= 15 is 0 Å². The number of anilines is 1. The molecule has 3 N–H and O–H groups in total. The van der Waals surface area contributed by atoms with Crippen LogP contribution in [0.15, 0.2) is 15.5 Å². The molecule has 0 amide bonds. The number of halogens is 1. The van der Waals surface area contributed by atoms with E-state index in [1.54, 1.807) is 6.20 Å². The molecule has 1 aliphatic heterocycles. The van der Waals surface area contributed by atoms with Crippen molar-refractivity contribution in [3.05, 3.63) is 21.0 Å². The van der Waals surface area contributed by atoms with Crippen LogP contribution in [-0.2, 0) is 6.54 Å². The van der Waals surface area contributed by atoms with Crippen LogP contribution in [-0.4, -0.2) is 40.6 Å². The SMILES string of the molecule is CC(N)C1CCN(c2cnn(CCO)c(=O)c2Br)CC1. The molecule has 0 saturated carbocycles. The normalized spacial score (nSPS) is 18.3. The lowest BCUT2D eigenvalue weighted by Crippen LogP contribution is -2.40. The van der Waals surface area contributed by atoms with E-state index in [0.717, 1.165) is 31.6 Å². The van der Waals surface area contributed by atoms with E-state index in [2.05, 4.69) is 25.9 Å². The number of piperidine rings is 1. The molecule has 1 aromatic rings. The van der Waals surface area contributed by atoms with Gasteiger partial charge in [0.2, 0.25) is 0 Å². The zero-order valence-electron chi connectivity index (χ0n) is 11.6. The van der Waals surface area contributed by atoms with E-state index in [1.165, 1.54) is 4.68 Å². The van der Waals surface area contributed by atoms with Gasteiger partial charge in [0.25, 0.3) is 5.56 Å². The van der Waals surface area contributed by atoms with Crippen molar-refractivity contribution in [2.45, 2.75) is 32.4 Å². The molecule has 6 nitrogen and oxygen atoms in total. The molecule has 1 saturated heterocycles. The summed E-state index contributed by atoms with van der Waals surface area (Å²) in [5, 5.41) is 13.0. The second-order valence-electron chi connectivity index (χ2n) is 5.28. The topological polar surface area (TPSA) is 84.4 Å². The molecule has 1 aromatic heterocycles. The van der Waals surface area contributed by atoms with Crippen LogP contribution in [0.4, 0.5) is 5.69 Å². The van der Waals surface area contributed by atoms with E-state index in [9.17, 15) is 4.79 Å². The van der Waals surface area contributed by atoms with E-state index in [4.69, 9.17) is 10.8 Å². The fourth-order valence-electron chi connectivity index (χ4n) is 2.60. The van der Waals surface area contributed by atoms with Crippen LogP contribution in [0.5, 0.6) is 0 Å². The molecule has 1 aliphatic rings. The number of aliphatic hydroxyl groups is 1. The van der Waals surface area contributed by atoms with Gasteiger partial charge in [-0.15, -0.1) is 0 Å². The van der Waals surface area contributed by atoms with Gasteiger partial charge in [0.05, 0.1) is 25.0 Å². The Kier molecular flexibility index (Phi) is 5.17. The third-order valence-electron chi connectivity index (χ3n) is 3.90. The van der Waals surface area contributed by atoms with Crippen molar-refractivity contribution in [2.24, 2.45) is 11.7 Å². The van der Waals surface area contributed by atoms with Crippen LogP contribution >= 0.6 is 15.9 Å². The quantitative estimate of drug-likeness (QED) is 0.833. The first-order valence-electron chi connectivity index (χ1n) is 6.91. The number of nitrogens with two attached hydrogens (primary N) is 1. The van der Waals surface area contributed by atoms with Gasteiger partial charge in [-0.2, -0.15) is 5.10 Å². The predicted octanol–water partition coefficient (Wildman–Crippen LogP) is 0.562. The molecule has 1 atom stereocenters. The summed E-state index contributed by atoms with van der Waals surface area (Å²) in [5.41, 5.74) is 6.56. The minimum absolute atomic E-state index is 0.0987. The summed E-state index contributed by atoms with van der Waals surface area (Å²) < 4.78 is 1.78. The molecule has 0 aromatic carbocycles. The van der Waals surface area contributed by atoms with E-state index in [-0.39, 0.29) is 24.8 Å². The molecule has 20 heavy (non-hydrogen) atoms. The molecular formula is C13H21BrN4O2. The summed E-state index contributed by atoms with van der Waals surface area (Å²) >= 11 is 3.36. The summed E-state index contributed by atoms with van der Waals surface area (Å²) in [5.74, 6) is 0.549. The molecule has 2 heterocycles. The summed E-state index contributed by atoms with van der Waals surface area (Å²) in [6, 6.07) is 0.219. The smallest absolute Gasteiger partial charge is 0.283 e. The molecular weight excluding hydrogens is 324 g/mol. The summed E-state index contributed by atoms with van der Waals surface area (Å²) in [7, 11) is 0. The first-order chi connectivity index (χ1) is 9.54. The number of hydrogen-bond donors (Lipinski definition) is 2. The average molecular weight is 345 g/mol. The molecule has 0 bridgehead atoms. The molecule has 112 valence electrons. The van der Waals surface area contributed by atoms with E-state index < -0.39 is 0 Å². The highest BCUT2D eigenvalue weighted by molar-refractivity contribution is 9.10. The minimum Gasteiger partial charge on any atom is -0.394 e. The van der Waals surface area contributed by atoms with Crippen molar-refractivity contribution in [1.82, 2.24) is 9.78 Å². The Morgan fingerprint density at radius 2 is 2.20 bits per heavy atom. The van der Waals surface area contributed by atoms with Crippen molar-refractivity contribution >= 4 is 21.6 Å². The van der Waals surface area contributed by atoms with Gasteiger partial charge in [0.1, 0.15) is 4.47 Å². The Balaban J connectivity index is 2.15. The fourth-order valence-corrected chi connectivity index (χ4v) is 3.15. The van der Waals surface area contributed by atoms with Gasteiger partial charge in [-0.25, -0.2) is 4.68 Å². The third-order valence-corrected chi connectivity index (χ3v) is 4.65. The first kappa shape index (κ1) is 15.5. The summed E-state index contributed by atoms with van der Waals surface area (Å²) in [6.07, 6.45) is 3.75. The monoisotopic (exact) mass is 344 g/mol. The second kappa shape index (κ2) is 6.69. The maximum absolute atomic E-state index is 12.1. The van der Waals surface area contributed by atoms with Gasteiger partial charge in [-0.3, -0.25) is 4.79 Å². The molecule has 1 fully saturated rings. The highest BCUT2D eigenvalue weighted by Gasteiger charge is 2.24. The third kappa shape index (κ3) is 3.21. The molecule has 0 spiro atoms. The van der Waals surface area contributed by atoms with E-state index in [0.29, 0.717) is 10.4 Å².